The lowest BCUT2D eigenvalue weighted by molar-refractivity contribution is -0.123. The molecular weight excluding hydrogens is 546 g/mol. The Labute approximate surface area is 239 Å². The fourth-order valence-corrected chi connectivity index (χ4v) is 8.12. The van der Waals surface area contributed by atoms with Crippen molar-refractivity contribution in [3.8, 4) is 0 Å². The second-order valence-electron chi connectivity index (χ2n) is 10.5. The summed E-state index contributed by atoms with van der Waals surface area (Å²) in [6.45, 7) is 2.42. The molecule has 3 heterocycles. The van der Waals surface area contributed by atoms with E-state index in [4.69, 9.17) is 0 Å². The van der Waals surface area contributed by atoms with Crippen molar-refractivity contribution in [2.45, 2.75) is 81.3 Å². The molecular formula is C29H35N5O4S2. The molecule has 1 aromatic carbocycles. The quantitative estimate of drug-likeness (QED) is 0.403. The number of rotatable bonds is 8. The molecule has 2 aromatic heterocycles. The number of hydrogen-bond acceptors (Lipinski definition) is 7. The van der Waals surface area contributed by atoms with Crippen LogP contribution >= 0.6 is 11.3 Å². The van der Waals surface area contributed by atoms with E-state index in [1.807, 2.05) is 24.4 Å². The summed E-state index contributed by atoms with van der Waals surface area (Å²) in [7, 11) is -3.69. The van der Waals surface area contributed by atoms with Gasteiger partial charge in [-0.3, -0.25) is 19.5 Å². The van der Waals surface area contributed by atoms with Gasteiger partial charge in [0.05, 0.1) is 11.1 Å². The minimum atomic E-state index is -3.69. The minimum absolute atomic E-state index is 0.0521. The molecule has 1 aliphatic carbocycles. The van der Waals surface area contributed by atoms with Gasteiger partial charge in [0.2, 0.25) is 15.9 Å². The van der Waals surface area contributed by atoms with Gasteiger partial charge in [-0.05, 0) is 68.3 Å². The van der Waals surface area contributed by atoms with Crippen LogP contribution in [0.4, 0.5) is 5.69 Å². The fourth-order valence-electron chi connectivity index (χ4n) is 5.61. The SMILES string of the molecule is C[C@@H]1CCCCN1S(=O)(=O)c1ccc(N(C(=O)c2cnccn2)[C@H](C(=O)NC2CCCCC2)c2cccs2)cc1. The van der Waals surface area contributed by atoms with Crippen LogP contribution in [0.3, 0.4) is 0 Å². The lowest BCUT2D eigenvalue weighted by atomic mass is 9.95. The molecule has 212 valence electrons. The van der Waals surface area contributed by atoms with Crippen molar-refractivity contribution in [2.24, 2.45) is 0 Å². The number of piperidine rings is 1. The molecule has 5 rings (SSSR count). The second-order valence-corrected chi connectivity index (χ2v) is 13.4. The van der Waals surface area contributed by atoms with Crippen LogP contribution in [0, 0.1) is 0 Å². The van der Waals surface area contributed by atoms with Crippen molar-refractivity contribution in [1.82, 2.24) is 19.6 Å². The first-order valence-electron chi connectivity index (χ1n) is 13.9. The smallest absolute Gasteiger partial charge is 0.279 e. The van der Waals surface area contributed by atoms with Crippen molar-refractivity contribution in [3.05, 3.63) is 70.9 Å². The monoisotopic (exact) mass is 581 g/mol. The maximum absolute atomic E-state index is 14.0. The van der Waals surface area contributed by atoms with Gasteiger partial charge in [-0.2, -0.15) is 4.31 Å². The highest BCUT2D eigenvalue weighted by Crippen LogP contribution is 2.34. The second kappa shape index (κ2) is 12.6. The van der Waals surface area contributed by atoms with Crippen molar-refractivity contribution in [1.29, 1.82) is 0 Å². The van der Waals surface area contributed by atoms with Gasteiger partial charge in [-0.15, -0.1) is 11.3 Å². The van der Waals surface area contributed by atoms with Crippen molar-refractivity contribution in [2.75, 3.05) is 11.4 Å². The highest BCUT2D eigenvalue weighted by Gasteiger charge is 2.37. The number of benzene rings is 1. The largest absolute Gasteiger partial charge is 0.351 e. The maximum atomic E-state index is 14.0. The first kappa shape index (κ1) is 28.4. The summed E-state index contributed by atoms with van der Waals surface area (Å²) in [5, 5.41) is 5.05. The lowest BCUT2D eigenvalue weighted by Crippen LogP contribution is -2.47. The van der Waals surface area contributed by atoms with Crippen LogP contribution in [0.15, 0.2) is 65.3 Å². The van der Waals surface area contributed by atoms with Gasteiger partial charge in [0.25, 0.3) is 5.91 Å². The highest BCUT2D eigenvalue weighted by molar-refractivity contribution is 7.89. The molecule has 0 bridgehead atoms. The Kier molecular flexibility index (Phi) is 8.92. The van der Waals surface area contributed by atoms with Gasteiger partial charge in [-0.1, -0.05) is 31.7 Å². The van der Waals surface area contributed by atoms with E-state index in [0.29, 0.717) is 17.1 Å². The van der Waals surface area contributed by atoms with Crippen LogP contribution < -0.4 is 10.2 Å². The summed E-state index contributed by atoms with van der Waals surface area (Å²) in [5.41, 5.74) is 0.492. The Morgan fingerprint density at radius 1 is 1.02 bits per heavy atom. The van der Waals surface area contributed by atoms with Gasteiger partial charge in [0.15, 0.2) is 6.04 Å². The number of aromatic nitrogens is 2. The van der Waals surface area contributed by atoms with E-state index in [1.54, 1.807) is 16.4 Å². The van der Waals surface area contributed by atoms with E-state index in [1.165, 1.54) is 47.0 Å². The van der Waals surface area contributed by atoms with Crippen LogP contribution in [0.2, 0.25) is 0 Å². The zero-order valence-electron chi connectivity index (χ0n) is 22.6. The average Bonchev–Trinajstić information content (AvgIpc) is 3.51. The van der Waals surface area contributed by atoms with Gasteiger partial charge < -0.3 is 5.32 Å². The molecule has 0 unspecified atom stereocenters. The van der Waals surface area contributed by atoms with Crippen LogP contribution in [0.5, 0.6) is 0 Å². The number of hydrogen-bond donors (Lipinski definition) is 1. The summed E-state index contributed by atoms with van der Waals surface area (Å²) in [4.78, 5) is 38.4. The van der Waals surface area contributed by atoms with Gasteiger partial charge in [-0.25, -0.2) is 13.4 Å². The van der Waals surface area contributed by atoms with E-state index in [9.17, 15) is 18.0 Å². The number of anilines is 1. The molecule has 1 saturated carbocycles. The molecule has 0 radical (unpaired) electrons. The number of amides is 2. The Morgan fingerprint density at radius 3 is 2.42 bits per heavy atom. The molecule has 2 atom stereocenters. The highest BCUT2D eigenvalue weighted by atomic mass is 32.2. The molecule has 11 heteroatoms. The number of carbonyl (C=O) groups excluding carboxylic acids is 2. The Bertz CT molecular complexity index is 1390. The van der Waals surface area contributed by atoms with Crippen molar-refractivity contribution in [3.63, 3.8) is 0 Å². The third kappa shape index (κ3) is 6.11. The lowest BCUT2D eigenvalue weighted by Gasteiger charge is -2.33. The summed E-state index contributed by atoms with van der Waals surface area (Å²) < 4.78 is 28.5. The number of carbonyl (C=O) groups is 2. The number of sulfonamides is 1. The van der Waals surface area contributed by atoms with Crippen molar-refractivity contribution < 1.29 is 18.0 Å². The summed E-state index contributed by atoms with van der Waals surface area (Å²) in [6, 6.07) is 8.96. The molecule has 1 N–H and O–H groups in total. The minimum Gasteiger partial charge on any atom is -0.351 e. The zero-order valence-corrected chi connectivity index (χ0v) is 24.2. The summed E-state index contributed by atoms with van der Waals surface area (Å²) >= 11 is 1.39. The number of thiophene rings is 1. The first-order chi connectivity index (χ1) is 19.4. The van der Waals surface area contributed by atoms with Crippen LogP contribution in [0.1, 0.15) is 79.7 Å². The molecule has 0 spiro atoms. The van der Waals surface area contributed by atoms with E-state index in [0.717, 1.165) is 51.4 Å². The zero-order chi connectivity index (χ0) is 28.1. The van der Waals surface area contributed by atoms with Gasteiger partial charge in [0, 0.05) is 41.6 Å². The molecule has 3 aromatic rings. The van der Waals surface area contributed by atoms with Crippen LogP contribution in [-0.4, -0.2) is 53.1 Å². The van der Waals surface area contributed by atoms with E-state index >= 15 is 0 Å². The predicted octanol–water partition coefficient (Wildman–Crippen LogP) is 4.94. The molecule has 40 heavy (non-hydrogen) atoms. The topological polar surface area (TPSA) is 113 Å². The van der Waals surface area contributed by atoms with Gasteiger partial charge >= 0.3 is 0 Å². The molecule has 9 nitrogen and oxygen atoms in total. The van der Waals surface area contributed by atoms with E-state index < -0.39 is 22.0 Å². The molecule has 2 fully saturated rings. The normalized spacial score (nSPS) is 19.6. The Balaban J connectivity index is 1.53. The third-order valence-corrected chi connectivity index (χ3v) is 10.7. The summed E-state index contributed by atoms with van der Waals surface area (Å²) in [5.74, 6) is -0.768. The van der Waals surface area contributed by atoms with Crippen LogP contribution in [-0.2, 0) is 14.8 Å². The van der Waals surface area contributed by atoms with Gasteiger partial charge in [0.1, 0.15) is 5.69 Å². The number of nitrogens with zero attached hydrogens (tertiary/aromatic N) is 4. The molecule has 1 saturated heterocycles. The molecule has 2 amide bonds. The van der Waals surface area contributed by atoms with Crippen molar-refractivity contribution >= 4 is 38.9 Å². The number of nitrogens with one attached hydrogen (secondary N) is 1. The molecule has 2 aliphatic rings. The fraction of sp³-hybridized carbons (Fsp3) is 0.448. The standard InChI is InChI=1S/C29H35N5O4S2/c1-21-8-5-6-18-33(21)40(37,38)24-14-12-23(13-15-24)34(29(36)25-20-30-16-17-31-25)27(26-11-7-19-39-26)28(35)32-22-9-3-2-4-10-22/h7,11-17,19-22,27H,2-6,8-10,18H2,1H3,(H,32,35)/t21-,27+/m1/s1. The Hall–Kier alpha value is -3.15. The van der Waals surface area contributed by atoms with E-state index in [2.05, 4.69) is 15.3 Å². The van der Waals surface area contributed by atoms with Crippen LogP contribution in [0.25, 0.3) is 0 Å². The Morgan fingerprint density at radius 2 is 1.77 bits per heavy atom. The first-order valence-corrected chi connectivity index (χ1v) is 16.2. The van der Waals surface area contributed by atoms with E-state index in [-0.39, 0.29) is 28.6 Å². The maximum Gasteiger partial charge on any atom is 0.279 e. The average molecular weight is 582 g/mol. The summed E-state index contributed by atoms with van der Waals surface area (Å²) in [6.07, 6.45) is 12.0. The predicted molar refractivity (Wildman–Crippen MR) is 155 cm³/mol. The third-order valence-electron chi connectivity index (χ3n) is 7.74. The molecule has 1 aliphatic heterocycles.